The largest absolute Gasteiger partial charge is 0.122 e. The Hall–Kier alpha value is 1.84. The second-order valence-corrected chi connectivity index (χ2v) is 24.3. The molecular formula is C51H115O4P3Ti. The molecule has 0 saturated carbocycles. The van der Waals surface area contributed by atoms with E-state index in [1.54, 1.807) is 13.8 Å². The van der Waals surface area contributed by atoms with E-state index in [-0.39, 0.29) is 6.10 Å². The standard InChI is InChI=1S/3C16H35P.C3H7O.3H2O.Ti/c3*1-3-5-7-9-11-13-15-17-16-14-12-10-8-6-4-2;1-3(2)4;;;;/h3*17H,3-16H2,1-2H3;3H,1-2H3;3*1H2;/q;;;-1;;;;+4/p-3. The number of hydrogen-bond donors (Lipinski definition) is 3. The summed E-state index contributed by atoms with van der Waals surface area (Å²) < 4.78 is 29.1. The van der Waals surface area contributed by atoms with Gasteiger partial charge >= 0.3 is 52.5 Å². The molecule has 0 heterocycles. The molecule has 0 atom stereocenters. The quantitative estimate of drug-likeness (QED) is 0.0323. The average Bonchev–Trinajstić information content (AvgIpc) is 3.20. The van der Waals surface area contributed by atoms with Crippen molar-refractivity contribution in [3.8, 4) is 0 Å². The van der Waals surface area contributed by atoms with Crippen LogP contribution in [0.25, 0.3) is 0 Å². The van der Waals surface area contributed by atoms with Crippen molar-refractivity contribution in [3.63, 3.8) is 0 Å². The first kappa shape index (κ1) is 67.4. The molecule has 0 saturated heterocycles. The predicted molar refractivity (Wildman–Crippen MR) is 277 cm³/mol. The fourth-order valence-electron chi connectivity index (χ4n) is 6.87. The van der Waals surface area contributed by atoms with Gasteiger partial charge in [0.05, 0.1) is 0 Å². The summed E-state index contributed by atoms with van der Waals surface area (Å²) in [5.41, 5.74) is 0. The van der Waals surface area contributed by atoms with Crippen LogP contribution in [0, 0.1) is 0 Å². The van der Waals surface area contributed by atoms with Gasteiger partial charge in [0.1, 0.15) is 0 Å². The van der Waals surface area contributed by atoms with Crippen molar-refractivity contribution in [2.24, 2.45) is 0 Å². The second-order valence-electron chi connectivity index (χ2n) is 17.6. The molecule has 59 heavy (non-hydrogen) atoms. The zero-order chi connectivity index (χ0) is 44.6. The maximum atomic E-state index is 8.26. The molecule has 0 aliphatic carbocycles. The summed E-state index contributed by atoms with van der Waals surface area (Å²) in [5, 5.41) is 0. The molecule has 362 valence electrons. The zero-order valence-electron chi connectivity index (χ0n) is 42.0. The van der Waals surface area contributed by atoms with E-state index in [9.17, 15) is 0 Å². The molecule has 0 unspecified atom stereocenters. The third-order valence-corrected chi connectivity index (χ3v) is 16.1. The molecule has 0 aromatic heterocycles. The summed E-state index contributed by atoms with van der Waals surface area (Å²) in [7, 11) is 3.77. The van der Waals surface area contributed by atoms with Gasteiger partial charge in [-0.15, -0.1) is 25.7 Å². The minimum absolute atomic E-state index is 0.324. The molecule has 0 rings (SSSR count). The molecule has 3 N–H and O–H groups in total. The number of unbranched alkanes of at least 4 members (excludes halogenated alkanes) is 30. The van der Waals surface area contributed by atoms with E-state index in [0.717, 1.165) is 0 Å². The van der Waals surface area contributed by atoms with Crippen LogP contribution in [0.15, 0.2) is 0 Å². The zero-order valence-corrected chi connectivity index (χ0v) is 46.6. The molecule has 4 nitrogen and oxygen atoms in total. The van der Waals surface area contributed by atoms with Gasteiger partial charge in [0.2, 0.25) is 0 Å². The third kappa shape index (κ3) is 83.9. The van der Waals surface area contributed by atoms with Crippen molar-refractivity contribution < 1.29 is 32.5 Å². The molecule has 0 aromatic rings. The normalized spacial score (nSPS) is 11.2. The Morgan fingerprint density at radius 2 is 0.441 bits per heavy atom. The van der Waals surface area contributed by atoms with Crippen LogP contribution in [0.1, 0.15) is 287 Å². The maximum Gasteiger partial charge on any atom is -0.0353 e. The van der Waals surface area contributed by atoms with E-state index in [1.807, 2.05) is 0 Å². The van der Waals surface area contributed by atoms with Gasteiger partial charge in [-0.1, -0.05) is 234 Å². The minimum atomic E-state index is -4.66. The first-order valence-electron chi connectivity index (χ1n) is 26.6. The van der Waals surface area contributed by atoms with Crippen molar-refractivity contribution in [1.82, 2.24) is 0 Å². The van der Waals surface area contributed by atoms with Crippen LogP contribution in [-0.4, -0.2) is 54.1 Å². The first-order valence-corrected chi connectivity index (χ1v) is 33.6. The Labute approximate surface area is 385 Å². The van der Waals surface area contributed by atoms with Gasteiger partial charge < -0.3 is 0 Å². The monoisotopic (exact) mass is 933 g/mol. The SMILES string of the molecule is CC(C)[O][Ti]([OH])([OH])[OH].CCCCCCCCPCCCCCCCC.CCCCCCCCPCCCCCCCC.CCCCCCCCPCCCCCCCC. The number of hydrogen-bond acceptors (Lipinski definition) is 4. The molecule has 0 amide bonds. The van der Waals surface area contributed by atoms with Gasteiger partial charge in [0.15, 0.2) is 0 Å². The van der Waals surface area contributed by atoms with Gasteiger partial charge in [0, 0.05) is 0 Å². The molecular weight excluding hydrogens is 817 g/mol. The van der Waals surface area contributed by atoms with Crippen molar-refractivity contribution in [3.05, 3.63) is 0 Å². The second kappa shape index (κ2) is 64.1. The summed E-state index contributed by atoms with van der Waals surface area (Å²) in [6.07, 6.45) is 61.3. The molecule has 0 fully saturated rings. The van der Waals surface area contributed by atoms with E-state index in [4.69, 9.17) is 11.1 Å². The van der Waals surface area contributed by atoms with E-state index < -0.39 is 18.1 Å². The number of rotatable bonds is 44. The Balaban J connectivity index is -0.000000352. The van der Waals surface area contributed by atoms with Crippen LogP contribution in [0.4, 0.5) is 0 Å². The van der Waals surface area contributed by atoms with E-state index in [2.05, 4.69) is 44.9 Å². The Bertz CT molecular complexity index is 556. The Morgan fingerprint density at radius 3 is 0.559 bits per heavy atom. The molecule has 0 bridgehead atoms. The topological polar surface area (TPSA) is 69.9 Å². The molecule has 0 spiro atoms. The van der Waals surface area contributed by atoms with Crippen LogP contribution < -0.4 is 0 Å². The first-order chi connectivity index (χ1) is 28.7. The fourth-order valence-corrected chi connectivity index (χ4v) is 11.6. The molecule has 0 aliphatic heterocycles. The van der Waals surface area contributed by atoms with Gasteiger partial charge in [-0.3, -0.25) is 0 Å². The summed E-state index contributed by atoms with van der Waals surface area (Å²) in [5.74, 6) is 0. The van der Waals surface area contributed by atoms with Crippen molar-refractivity contribution in [2.75, 3.05) is 37.0 Å². The van der Waals surface area contributed by atoms with Crippen LogP contribution in [-0.2, 0) is 21.5 Å². The van der Waals surface area contributed by atoms with E-state index in [1.165, 1.54) is 294 Å². The molecule has 8 heteroatoms. The summed E-state index contributed by atoms with van der Waals surface area (Å²) in [6, 6.07) is 0. The van der Waals surface area contributed by atoms with Gasteiger partial charge in [-0.05, 0) is 75.5 Å². The summed E-state index contributed by atoms with van der Waals surface area (Å²) >= 11 is -4.66. The van der Waals surface area contributed by atoms with E-state index >= 15 is 0 Å². The van der Waals surface area contributed by atoms with Crippen LogP contribution in [0.3, 0.4) is 0 Å². The van der Waals surface area contributed by atoms with E-state index in [0.29, 0.717) is 0 Å². The molecule has 0 aliphatic rings. The molecule has 0 aromatic carbocycles. The Kier molecular flexibility index (Phi) is 73.3. The smallest absolute Gasteiger partial charge is 0.0353 e. The van der Waals surface area contributed by atoms with Gasteiger partial charge in [-0.25, -0.2) is 0 Å². The van der Waals surface area contributed by atoms with Crippen LogP contribution in [0.2, 0.25) is 0 Å². The van der Waals surface area contributed by atoms with Gasteiger partial charge in [-0.2, -0.15) is 0 Å². The van der Waals surface area contributed by atoms with Gasteiger partial charge in [0.25, 0.3) is 0 Å². The minimum Gasteiger partial charge on any atom is -0.122 e. The predicted octanol–water partition coefficient (Wildman–Crippen LogP) is 18.4. The average molecular weight is 933 g/mol. The third-order valence-electron chi connectivity index (χ3n) is 10.6. The maximum absolute atomic E-state index is 8.26. The fraction of sp³-hybridized carbons (Fsp3) is 1.00. The van der Waals surface area contributed by atoms with Crippen molar-refractivity contribution in [1.29, 1.82) is 0 Å². The summed E-state index contributed by atoms with van der Waals surface area (Å²) in [6.45, 7) is 17.0. The van der Waals surface area contributed by atoms with Crippen LogP contribution in [0.5, 0.6) is 0 Å². The van der Waals surface area contributed by atoms with Crippen molar-refractivity contribution in [2.45, 2.75) is 293 Å². The molecule has 0 radical (unpaired) electrons. The van der Waals surface area contributed by atoms with Crippen LogP contribution >= 0.6 is 25.7 Å². The van der Waals surface area contributed by atoms with Crippen molar-refractivity contribution >= 4 is 25.7 Å². The Morgan fingerprint density at radius 1 is 0.288 bits per heavy atom. The summed E-state index contributed by atoms with van der Waals surface area (Å²) in [4.78, 5) is 0.